The maximum Gasteiger partial charge on any atom is 0.428 e. The second-order valence-electron chi connectivity index (χ2n) is 6.57. The van der Waals surface area contributed by atoms with E-state index >= 15 is 0 Å². The molecule has 0 unspecified atom stereocenters. The average molecular weight is 392 g/mol. The fourth-order valence-electron chi connectivity index (χ4n) is 2.67. The second-order valence-corrected chi connectivity index (χ2v) is 6.57. The van der Waals surface area contributed by atoms with Crippen molar-refractivity contribution < 1.29 is 45.7 Å². The maximum atomic E-state index is 12.7. The summed E-state index contributed by atoms with van der Waals surface area (Å²) in [6.45, 7) is 4.52. The Hall–Kier alpha value is -1.29. The molecule has 0 saturated heterocycles. The van der Waals surface area contributed by atoms with Crippen molar-refractivity contribution in [2.45, 2.75) is 75.6 Å². The van der Waals surface area contributed by atoms with Gasteiger partial charge in [-0.2, -0.15) is 26.3 Å². The van der Waals surface area contributed by atoms with Gasteiger partial charge in [-0.15, -0.1) is 0 Å². The number of ether oxygens (including phenoxy) is 2. The van der Waals surface area contributed by atoms with Crippen molar-refractivity contribution in [3.63, 3.8) is 0 Å². The third-order valence-electron chi connectivity index (χ3n) is 4.64. The Kier molecular flexibility index (Phi) is 6.79. The lowest BCUT2D eigenvalue weighted by Crippen LogP contribution is -2.61. The molecule has 0 aromatic carbocycles. The van der Waals surface area contributed by atoms with E-state index in [4.69, 9.17) is 9.47 Å². The molecular weight excluding hydrogens is 370 g/mol. The van der Waals surface area contributed by atoms with Gasteiger partial charge in [0.1, 0.15) is 6.10 Å². The molecule has 0 amide bonds. The maximum absolute atomic E-state index is 12.7. The number of hydrogen-bond acceptors (Lipinski definition) is 4. The van der Waals surface area contributed by atoms with Crippen LogP contribution in [0.2, 0.25) is 0 Å². The summed E-state index contributed by atoms with van der Waals surface area (Å²) in [5, 5.41) is 9.20. The number of halogens is 6. The third-order valence-corrected chi connectivity index (χ3v) is 4.64. The lowest BCUT2D eigenvalue weighted by molar-refractivity contribution is -0.383. The van der Waals surface area contributed by atoms with Gasteiger partial charge >= 0.3 is 18.3 Å². The standard InChI is InChI=1S/C16H22F6O4/c1-4-13(7-5-11(6-8-13)26-12(23)10(2)3)25-9-14(24,15(17,18)19)16(20,21)22/h11,24H,2,4-9H2,1,3H3. The number of aliphatic hydroxyl groups is 1. The molecule has 0 spiro atoms. The van der Waals surface area contributed by atoms with Crippen molar-refractivity contribution in [2.24, 2.45) is 0 Å². The molecule has 1 aliphatic carbocycles. The minimum absolute atomic E-state index is 0.101. The summed E-state index contributed by atoms with van der Waals surface area (Å²) in [6.07, 6.45) is -11.5. The highest BCUT2D eigenvalue weighted by Gasteiger charge is 2.71. The van der Waals surface area contributed by atoms with Gasteiger partial charge in [-0.05, 0) is 39.0 Å². The van der Waals surface area contributed by atoms with Crippen LogP contribution in [0.1, 0.15) is 46.0 Å². The van der Waals surface area contributed by atoms with Crippen molar-refractivity contribution in [3.05, 3.63) is 12.2 Å². The van der Waals surface area contributed by atoms with E-state index in [0.717, 1.165) is 0 Å². The zero-order valence-electron chi connectivity index (χ0n) is 14.5. The minimum Gasteiger partial charge on any atom is -0.459 e. The Labute approximate surface area is 147 Å². The topological polar surface area (TPSA) is 55.8 Å². The van der Waals surface area contributed by atoms with E-state index in [-0.39, 0.29) is 37.7 Å². The first-order valence-electron chi connectivity index (χ1n) is 8.04. The summed E-state index contributed by atoms with van der Waals surface area (Å²) in [7, 11) is 0. The lowest BCUT2D eigenvalue weighted by Gasteiger charge is -2.42. The normalized spacial score (nSPS) is 25.0. The number of hydrogen-bond donors (Lipinski definition) is 1. The molecule has 1 saturated carbocycles. The van der Waals surface area contributed by atoms with Crippen LogP contribution < -0.4 is 0 Å². The molecule has 0 radical (unpaired) electrons. The monoisotopic (exact) mass is 392 g/mol. The quantitative estimate of drug-likeness (QED) is 0.421. The van der Waals surface area contributed by atoms with Gasteiger partial charge in [-0.1, -0.05) is 13.5 Å². The largest absolute Gasteiger partial charge is 0.459 e. The first kappa shape index (κ1) is 22.8. The van der Waals surface area contributed by atoms with E-state index in [0.29, 0.717) is 0 Å². The van der Waals surface area contributed by atoms with Gasteiger partial charge in [-0.25, -0.2) is 4.79 Å². The molecule has 152 valence electrons. The van der Waals surface area contributed by atoms with Gasteiger partial charge in [0.05, 0.1) is 12.2 Å². The summed E-state index contributed by atoms with van der Waals surface area (Å²) >= 11 is 0. The molecule has 0 aromatic heterocycles. The smallest absolute Gasteiger partial charge is 0.428 e. The minimum atomic E-state index is -5.92. The first-order valence-corrected chi connectivity index (χ1v) is 8.04. The van der Waals surface area contributed by atoms with Crippen molar-refractivity contribution in [3.8, 4) is 0 Å². The third kappa shape index (κ3) is 4.91. The average Bonchev–Trinajstić information content (AvgIpc) is 2.51. The highest BCUT2D eigenvalue weighted by molar-refractivity contribution is 5.87. The number of carbonyl (C=O) groups excluding carboxylic acids is 1. The molecule has 26 heavy (non-hydrogen) atoms. The summed E-state index contributed by atoms with van der Waals surface area (Å²) in [6, 6.07) is 0. The van der Waals surface area contributed by atoms with Crippen molar-refractivity contribution in [1.82, 2.24) is 0 Å². The highest BCUT2D eigenvalue weighted by atomic mass is 19.4. The van der Waals surface area contributed by atoms with Crippen LogP contribution in [-0.4, -0.2) is 47.3 Å². The molecule has 0 heterocycles. The molecule has 1 N–H and O–H groups in total. The summed E-state index contributed by atoms with van der Waals surface area (Å²) in [4.78, 5) is 11.5. The fraction of sp³-hybridized carbons (Fsp3) is 0.812. The Morgan fingerprint density at radius 1 is 1.15 bits per heavy atom. The molecule has 1 rings (SSSR count). The van der Waals surface area contributed by atoms with E-state index in [1.807, 2.05) is 0 Å². The van der Waals surface area contributed by atoms with Crippen LogP contribution in [0.25, 0.3) is 0 Å². The molecule has 0 bridgehead atoms. The van der Waals surface area contributed by atoms with Crippen LogP contribution in [0.5, 0.6) is 0 Å². The van der Waals surface area contributed by atoms with Crippen molar-refractivity contribution in [2.75, 3.05) is 6.61 Å². The Bertz CT molecular complexity index is 504. The van der Waals surface area contributed by atoms with Crippen molar-refractivity contribution in [1.29, 1.82) is 0 Å². The van der Waals surface area contributed by atoms with Gasteiger partial charge in [0.15, 0.2) is 0 Å². The van der Waals surface area contributed by atoms with Crippen LogP contribution >= 0.6 is 0 Å². The SMILES string of the molecule is C=C(C)C(=O)OC1CCC(CC)(OCC(O)(C(F)(F)F)C(F)(F)F)CC1. The van der Waals surface area contributed by atoms with Crippen LogP contribution in [0.15, 0.2) is 12.2 Å². The zero-order valence-corrected chi connectivity index (χ0v) is 14.5. The molecule has 1 aliphatic rings. The fourth-order valence-corrected chi connectivity index (χ4v) is 2.67. The van der Waals surface area contributed by atoms with Gasteiger partial charge in [-0.3, -0.25) is 0 Å². The molecule has 0 atom stereocenters. The van der Waals surface area contributed by atoms with E-state index in [2.05, 4.69) is 6.58 Å². The van der Waals surface area contributed by atoms with Gasteiger partial charge in [0.2, 0.25) is 0 Å². The Morgan fingerprint density at radius 2 is 1.62 bits per heavy atom. The van der Waals surface area contributed by atoms with E-state index < -0.39 is 42.2 Å². The highest BCUT2D eigenvalue weighted by Crippen LogP contribution is 2.45. The summed E-state index contributed by atoms with van der Waals surface area (Å²) in [5.41, 5.74) is -6.00. The molecule has 0 aliphatic heterocycles. The zero-order chi connectivity index (χ0) is 20.4. The number of esters is 1. The summed E-state index contributed by atoms with van der Waals surface area (Å²) in [5.74, 6) is -0.608. The second kappa shape index (κ2) is 7.75. The van der Waals surface area contributed by atoms with Crippen molar-refractivity contribution >= 4 is 5.97 Å². The van der Waals surface area contributed by atoms with E-state index in [1.54, 1.807) is 6.92 Å². The van der Waals surface area contributed by atoms with E-state index in [1.165, 1.54) is 6.92 Å². The van der Waals surface area contributed by atoms with E-state index in [9.17, 15) is 36.2 Å². The molecule has 4 nitrogen and oxygen atoms in total. The molecular formula is C16H22F6O4. The number of carbonyl (C=O) groups is 1. The van der Waals surface area contributed by atoms with Crippen LogP contribution in [0, 0.1) is 0 Å². The molecule has 1 fully saturated rings. The first-order chi connectivity index (χ1) is 11.7. The number of rotatable bonds is 6. The van der Waals surface area contributed by atoms with Gasteiger partial charge in [0, 0.05) is 5.57 Å². The Morgan fingerprint density at radius 3 is 1.96 bits per heavy atom. The van der Waals surface area contributed by atoms with Crippen LogP contribution in [0.4, 0.5) is 26.3 Å². The van der Waals surface area contributed by atoms with Gasteiger partial charge < -0.3 is 14.6 Å². The summed E-state index contributed by atoms with van der Waals surface area (Å²) < 4.78 is 86.6. The Balaban J connectivity index is 2.79. The lowest BCUT2D eigenvalue weighted by atomic mass is 9.81. The molecule has 0 aromatic rings. The van der Waals surface area contributed by atoms with Gasteiger partial charge in [0.25, 0.3) is 5.60 Å². The van der Waals surface area contributed by atoms with Crippen LogP contribution in [-0.2, 0) is 14.3 Å². The predicted octanol–water partition coefficient (Wildman–Crippen LogP) is 4.07. The van der Waals surface area contributed by atoms with Crippen LogP contribution in [0.3, 0.4) is 0 Å². The predicted molar refractivity (Wildman–Crippen MR) is 79.2 cm³/mol. The number of alkyl halides is 6. The molecule has 10 heteroatoms.